The summed E-state index contributed by atoms with van der Waals surface area (Å²) >= 11 is 1.39. The fourth-order valence-electron chi connectivity index (χ4n) is 1.51. The van der Waals surface area contributed by atoms with Crippen molar-refractivity contribution in [1.82, 2.24) is 10.3 Å². The molecule has 1 heterocycles. The smallest absolute Gasteiger partial charge is 0.407 e. The molecule has 7 heteroatoms. The highest BCUT2D eigenvalue weighted by atomic mass is 32.1. The quantitative estimate of drug-likeness (QED) is 0.868. The lowest BCUT2D eigenvalue weighted by atomic mass is 10.0. The molecule has 0 bridgehead atoms. The van der Waals surface area contributed by atoms with E-state index < -0.39 is 12.1 Å². The molecular weight excluding hydrogens is 266 g/mol. The van der Waals surface area contributed by atoms with Gasteiger partial charge in [0.05, 0.1) is 7.11 Å². The number of rotatable bonds is 5. The molecule has 0 radical (unpaired) electrons. The van der Waals surface area contributed by atoms with Gasteiger partial charge in [-0.1, -0.05) is 13.8 Å². The Morgan fingerprint density at radius 1 is 1.47 bits per heavy atom. The lowest BCUT2D eigenvalue weighted by Gasteiger charge is -2.18. The third-order valence-electron chi connectivity index (χ3n) is 2.35. The molecule has 1 unspecified atom stereocenters. The second kappa shape index (κ2) is 7.08. The summed E-state index contributed by atoms with van der Waals surface area (Å²) in [6.45, 7) is 5.87. The molecule has 1 rings (SSSR count). The van der Waals surface area contributed by atoms with Crippen LogP contribution in [0, 0.1) is 12.8 Å². The normalized spacial score (nSPS) is 12.1. The molecule has 6 nitrogen and oxygen atoms in total. The van der Waals surface area contributed by atoms with Gasteiger partial charge in [0.1, 0.15) is 6.04 Å². The topological polar surface area (TPSA) is 80.3 Å². The highest BCUT2D eigenvalue weighted by Crippen LogP contribution is 2.17. The van der Waals surface area contributed by atoms with Crippen molar-refractivity contribution >= 4 is 28.5 Å². The molecule has 0 fully saturated rings. The van der Waals surface area contributed by atoms with Gasteiger partial charge >= 0.3 is 6.09 Å². The summed E-state index contributed by atoms with van der Waals surface area (Å²) in [4.78, 5) is 28.4. The van der Waals surface area contributed by atoms with Gasteiger partial charge in [-0.25, -0.2) is 9.78 Å². The van der Waals surface area contributed by atoms with Crippen molar-refractivity contribution in [1.29, 1.82) is 0 Å². The van der Waals surface area contributed by atoms with Gasteiger partial charge in [0.15, 0.2) is 5.13 Å². The third-order valence-corrected chi connectivity index (χ3v) is 3.18. The summed E-state index contributed by atoms with van der Waals surface area (Å²) in [6, 6.07) is -0.628. The van der Waals surface area contributed by atoms with Crippen LogP contribution in [0.4, 0.5) is 9.93 Å². The van der Waals surface area contributed by atoms with Crippen molar-refractivity contribution in [3.8, 4) is 0 Å². The number of carbonyl (C=O) groups excluding carboxylic acids is 2. The van der Waals surface area contributed by atoms with E-state index in [-0.39, 0.29) is 11.8 Å². The van der Waals surface area contributed by atoms with Gasteiger partial charge in [-0.15, -0.1) is 11.3 Å². The van der Waals surface area contributed by atoms with Crippen molar-refractivity contribution in [2.75, 3.05) is 12.4 Å². The SMILES string of the molecule is COC(=O)NC(CC(C)C)C(=O)Nc1ncc(C)s1. The molecule has 0 aromatic carbocycles. The summed E-state index contributed by atoms with van der Waals surface area (Å²) in [5, 5.41) is 5.75. The number of hydrogen-bond donors (Lipinski definition) is 2. The maximum atomic E-state index is 12.1. The lowest BCUT2D eigenvalue weighted by molar-refractivity contribution is -0.118. The van der Waals surface area contributed by atoms with Crippen molar-refractivity contribution in [2.45, 2.75) is 33.2 Å². The number of hydrogen-bond acceptors (Lipinski definition) is 5. The molecule has 1 aromatic heterocycles. The van der Waals surface area contributed by atoms with Crippen LogP contribution in [0.1, 0.15) is 25.1 Å². The van der Waals surface area contributed by atoms with E-state index in [1.165, 1.54) is 18.4 Å². The van der Waals surface area contributed by atoms with Crippen LogP contribution in [0.3, 0.4) is 0 Å². The van der Waals surface area contributed by atoms with Gasteiger partial charge in [0, 0.05) is 11.1 Å². The van der Waals surface area contributed by atoms with Crippen LogP contribution in [0.15, 0.2) is 6.20 Å². The number of alkyl carbamates (subject to hydrolysis) is 1. The number of carbonyl (C=O) groups is 2. The molecule has 0 saturated carbocycles. The Morgan fingerprint density at radius 3 is 2.63 bits per heavy atom. The monoisotopic (exact) mass is 285 g/mol. The maximum Gasteiger partial charge on any atom is 0.407 e. The van der Waals surface area contributed by atoms with Crippen LogP contribution in [0.5, 0.6) is 0 Å². The average Bonchev–Trinajstić information content (AvgIpc) is 2.73. The molecule has 1 atom stereocenters. The zero-order chi connectivity index (χ0) is 14.4. The molecule has 0 aliphatic carbocycles. The molecule has 0 aliphatic heterocycles. The average molecular weight is 285 g/mol. The Hall–Kier alpha value is -1.63. The lowest BCUT2D eigenvalue weighted by Crippen LogP contribution is -2.44. The highest BCUT2D eigenvalue weighted by molar-refractivity contribution is 7.15. The third kappa shape index (κ3) is 5.25. The first-order valence-corrected chi connectivity index (χ1v) is 6.81. The predicted molar refractivity (Wildman–Crippen MR) is 74.3 cm³/mol. The molecule has 0 aliphatic rings. The fourth-order valence-corrected chi connectivity index (χ4v) is 2.18. The van der Waals surface area contributed by atoms with E-state index in [1.807, 2.05) is 20.8 Å². The Balaban J connectivity index is 2.67. The first-order chi connectivity index (χ1) is 8.92. The number of ether oxygens (including phenoxy) is 1. The van der Waals surface area contributed by atoms with E-state index in [0.717, 1.165) is 4.88 Å². The molecular formula is C12H19N3O3S. The molecule has 0 spiro atoms. The second-order valence-corrected chi connectivity index (χ2v) is 5.82. The number of thiazole rings is 1. The minimum atomic E-state index is -0.628. The van der Waals surface area contributed by atoms with Crippen LogP contribution in [0.2, 0.25) is 0 Å². The maximum absolute atomic E-state index is 12.1. The van der Waals surface area contributed by atoms with E-state index in [9.17, 15) is 9.59 Å². The number of nitrogens with one attached hydrogen (secondary N) is 2. The van der Waals surface area contributed by atoms with E-state index in [4.69, 9.17) is 0 Å². The fraction of sp³-hybridized carbons (Fsp3) is 0.583. The van der Waals surface area contributed by atoms with Crippen LogP contribution in [0.25, 0.3) is 0 Å². The molecule has 106 valence electrons. The zero-order valence-electron chi connectivity index (χ0n) is 11.5. The van der Waals surface area contributed by atoms with Crippen molar-refractivity contribution < 1.29 is 14.3 Å². The van der Waals surface area contributed by atoms with Crippen molar-refractivity contribution in [3.63, 3.8) is 0 Å². The van der Waals surface area contributed by atoms with Crippen molar-refractivity contribution in [3.05, 3.63) is 11.1 Å². The molecule has 1 aromatic rings. The minimum Gasteiger partial charge on any atom is -0.453 e. The molecule has 0 saturated heterocycles. The summed E-state index contributed by atoms with van der Waals surface area (Å²) < 4.78 is 4.52. The minimum absolute atomic E-state index is 0.269. The van der Waals surface area contributed by atoms with Crippen LogP contribution in [-0.4, -0.2) is 30.1 Å². The summed E-state index contributed by atoms with van der Waals surface area (Å²) in [7, 11) is 1.27. The number of amides is 2. The Kier molecular flexibility index (Phi) is 5.75. The largest absolute Gasteiger partial charge is 0.453 e. The predicted octanol–water partition coefficient (Wildman–Crippen LogP) is 2.16. The van der Waals surface area contributed by atoms with Crippen LogP contribution in [-0.2, 0) is 9.53 Å². The zero-order valence-corrected chi connectivity index (χ0v) is 12.3. The van der Waals surface area contributed by atoms with E-state index in [1.54, 1.807) is 6.20 Å². The van der Waals surface area contributed by atoms with E-state index in [2.05, 4.69) is 20.4 Å². The Morgan fingerprint density at radius 2 is 2.16 bits per heavy atom. The van der Waals surface area contributed by atoms with Gasteiger partial charge < -0.3 is 15.4 Å². The van der Waals surface area contributed by atoms with Gasteiger partial charge in [0.25, 0.3) is 0 Å². The molecule has 19 heavy (non-hydrogen) atoms. The first-order valence-electron chi connectivity index (χ1n) is 6.00. The molecule has 2 N–H and O–H groups in total. The van der Waals surface area contributed by atoms with Gasteiger partial charge in [-0.05, 0) is 19.3 Å². The number of aryl methyl sites for hydroxylation is 1. The summed E-state index contributed by atoms with van der Waals surface area (Å²) in [5.41, 5.74) is 0. The Labute approximate surface area is 116 Å². The standard InChI is InChI=1S/C12H19N3O3S/c1-7(2)5-9(14-12(17)18-4)10(16)15-11-13-6-8(3)19-11/h6-7,9H,5H2,1-4H3,(H,14,17)(H,13,15,16). The number of nitrogens with zero attached hydrogens (tertiary/aromatic N) is 1. The summed E-state index contributed by atoms with van der Waals surface area (Å²) in [6.07, 6.45) is 1.60. The first kappa shape index (κ1) is 15.4. The van der Waals surface area contributed by atoms with Gasteiger partial charge in [0.2, 0.25) is 5.91 Å². The van der Waals surface area contributed by atoms with Gasteiger partial charge in [-0.2, -0.15) is 0 Å². The van der Waals surface area contributed by atoms with E-state index in [0.29, 0.717) is 11.6 Å². The summed E-state index contributed by atoms with van der Waals surface area (Å²) in [5.74, 6) is -0.0145. The van der Waals surface area contributed by atoms with Crippen molar-refractivity contribution in [2.24, 2.45) is 5.92 Å². The Bertz CT molecular complexity index is 445. The molecule has 2 amide bonds. The van der Waals surface area contributed by atoms with Crippen LogP contribution >= 0.6 is 11.3 Å². The number of aromatic nitrogens is 1. The number of methoxy groups -OCH3 is 1. The van der Waals surface area contributed by atoms with E-state index >= 15 is 0 Å². The number of anilines is 1. The van der Waals surface area contributed by atoms with Gasteiger partial charge in [-0.3, -0.25) is 4.79 Å². The highest BCUT2D eigenvalue weighted by Gasteiger charge is 2.23. The van der Waals surface area contributed by atoms with Crippen LogP contribution < -0.4 is 10.6 Å². The second-order valence-electron chi connectivity index (χ2n) is 4.58.